The van der Waals surface area contributed by atoms with Gasteiger partial charge in [-0.3, -0.25) is 4.90 Å². The number of nitrogens with zero attached hydrogens (tertiary/aromatic N) is 5. The number of hydrogen-bond donors (Lipinski definition) is 3. The first-order valence-electron chi connectivity index (χ1n) is 15.2. The van der Waals surface area contributed by atoms with E-state index in [-0.39, 0.29) is 19.7 Å². The number of aliphatic carboxylic acids is 1. The van der Waals surface area contributed by atoms with Gasteiger partial charge >= 0.3 is 12.1 Å². The van der Waals surface area contributed by atoms with Crippen LogP contribution in [0.25, 0.3) is 0 Å². The Morgan fingerprint density at radius 1 is 1.14 bits per heavy atom. The van der Waals surface area contributed by atoms with Crippen molar-refractivity contribution in [2.24, 2.45) is 0 Å². The number of aryl methyl sites for hydroxylation is 1. The average molecular weight is 588 g/mol. The summed E-state index contributed by atoms with van der Waals surface area (Å²) in [6, 6.07) is 12.6. The van der Waals surface area contributed by atoms with Crippen molar-refractivity contribution in [3.63, 3.8) is 0 Å². The zero-order chi connectivity index (χ0) is 30.2. The van der Waals surface area contributed by atoms with Crippen LogP contribution < -0.4 is 15.5 Å². The summed E-state index contributed by atoms with van der Waals surface area (Å²) in [7, 11) is 0. The molecule has 11 heteroatoms. The second kappa shape index (κ2) is 14.2. The van der Waals surface area contributed by atoms with Crippen molar-refractivity contribution in [3.8, 4) is 0 Å². The van der Waals surface area contributed by atoms with Crippen molar-refractivity contribution >= 4 is 29.5 Å². The van der Waals surface area contributed by atoms with Crippen molar-refractivity contribution < 1.29 is 19.4 Å². The van der Waals surface area contributed by atoms with Crippen LogP contribution in [0, 0.1) is 0 Å². The number of benzene rings is 1. The number of ether oxygens (including phenoxy) is 1. The summed E-state index contributed by atoms with van der Waals surface area (Å²) >= 11 is 0. The lowest BCUT2D eigenvalue weighted by atomic mass is 9.92. The summed E-state index contributed by atoms with van der Waals surface area (Å²) < 4.78 is 5.43. The summed E-state index contributed by atoms with van der Waals surface area (Å²) in [5.41, 5.74) is 4.21. The van der Waals surface area contributed by atoms with Crippen LogP contribution in [0.5, 0.6) is 0 Å². The van der Waals surface area contributed by atoms with Gasteiger partial charge in [0.2, 0.25) is 0 Å². The maximum absolute atomic E-state index is 12.9. The molecule has 2 aliphatic heterocycles. The Morgan fingerprint density at radius 2 is 1.93 bits per heavy atom. The lowest BCUT2D eigenvalue weighted by molar-refractivity contribution is -0.142. The molecule has 0 radical (unpaired) electrons. The number of carboxylic acids is 1. The molecule has 2 aromatic heterocycles. The van der Waals surface area contributed by atoms with Crippen molar-refractivity contribution in [1.29, 1.82) is 0 Å². The molecule has 43 heavy (non-hydrogen) atoms. The van der Waals surface area contributed by atoms with E-state index in [9.17, 15) is 14.7 Å². The fraction of sp³-hybridized carbons (Fsp3) is 0.469. The zero-order valence-electron chi connectivity index (χ0n) is 25.0. The Kier molecular flexibility index (Phi) is 9.91. The highest BCUT2D eigenvalue weighted by atomic mass is 16.6. The van der Waals surface area contributed by atoms with Gasteiger partial charge in [-0.05, 0) is 56.2 Å². The fourth-order valence-corrected chi connectivity index (χ4v) is 5.91. The molecule has 2 aliphatic rings. The number of piperidine rings is 1. The molecule has 3 aromatic rings. The van der Waals surface area contributed by atoms with Gasteiger partial charge in [0.15, 0.2) is 0 Å². The van der Waals surface area contributed by atoms with Crippen molar-refractivity contribution in [2.45, 2.75) is 64.5 Å². The third-order valence-corrected chi connectivity index (χ3v) is 8.31. The number of rotatable bonds is 11. The number of anilines is 3. The van der Waals surface area contributed by atoms with E-state index < -0.39 is 18.1 Å². The van der Waals surface area contributed by atoms with Crippen LogP contribution in [0.15, 0.2) is 48.8 Å². The van der Waals surface area contributed by atoms with Gasteiger partial charge in [0, 0.05) is 49.9 Å². The first-order chi connectivity index (χ1) is 21.0. The van der Waals surface area contributed by atoms with Crippen LogP contribution in [-0.2, 0) is 29.0 Å². The molecule has 4 heterocycles. The quantitative estimate of drug-likeness (QED) is 0.290. The Labute approximate surface area is 252 Å². The zero-order valence-corrected chi connectivity index (χ0v) is 25.0. The van der Waals surface area contributed by atoms with Gasteiger partial charge in [-0.25, -0.2) is 24.5 Å². The minimum Gasteiger partial charge on any atom is -0.480 e. The Balaban J connectivity index is 1.22. The van der Waals surface area contributed by atoms with Gasteiger partial charge in [-0.1, -0.05) is 43.3 Å². The molecule has 228 valence electrons. The molecule has 1 fully saturated rings. The maximum Gasteiger partial charge on any atom is 0.410 e. The van der Waals surface area contributed by atoms with E-state index in [1.54, 1.807) is 6.92 Å². The summed E-state index contributed by atoms with van der Waals surface area (Å²) in [5, 5.41) is 16.7. The van der Waals surface area contributed by atoms with Crippen LogP contribution in [0.1, 0.15) is 61.4 Å². The smallest absolute Gasteiger partial charge is 0.410 e. The Hall–Kier alpha value is -4.41. The van der Waals surface area contributed by atoms with Crippen LogP contribution in [0.4, 0.5) is 22.2 Å². The highest BCUT2D eigenvalue weighted by molar-refractivity contribution is 5.80. The van der Waals surface area contributed by atoms with E-state index in [1.165, 1.54) is 16.8 Å². The number of aromatic nitrogens is 3. The van der Waals surface area contributed by atoms with Crippen LogP contribution in [-0.4, -0.2) is 75.8 Å². The molecule has 0 saturated carbocycles. The molecule has 5 rings (SSSR count). The largest absolute Gasteiger partial charge is 0.480 e. The van der Waals surface area contributed by atoms with Gasteiger partial charge in [0.25, 0.3) is 0 Å². The molecule has 1 saturated heterocycles. The number of hydrogen-bond acceptors (Lipinski definition) is 9. The number of pyridine rings is 1. The minimum absolute atomic E-state index is 0.0207. The van der Waals surface area contributed by atoms with Crippen LogP contribution >= 0.6 is 0 Å². The van der Waals surface area contributed by atoms with Gasteiger partial charge in [0.1, 0.15) is 36.4 Å². The van der Waals surface area contributed by atoms with E-state index in [2.05, 4.69) is 37.6 Å². The summed E-state index contributed by atoms with van der Waals surface area (Å²) in [4.78, 5) is 42.7. The number of amides is 1. The number of carbonyl (C=O) groups is 2. The number of carbonyl (C=O) groups excluding carboxylic acids is 1. The second-order valence-electron chi connectivity index (χ2n) is 11.0. The number of nitrogens with one attached hydrogen (secondary N) is 2. The molecule has 0 aliphatic carbocycles. The number of carboxylic acid groups (broad SMARTS) is 1. The first-order valence-corrected chi connectivity index (χ1v) is 15.2. The normalized spacial score (nSPS) is 15.6. The molecule has 0 spiro atoms. The molecular weight excluding hydrogens is 546 g/mol. The monoisotopic (exact) mass is 587 g/mol. The van der Waals surface area contributed by atoms with E-state index in [0.717, 1.165) is 73.8 Å². The molecule has 0 bridgehead atoms. The van der Waals surface area contributed by atoms with E-state index in [1.807, 2.05) is 37.3 Å². The van der Waals surface area contributed by atoms with Gasteiger partial charge < -0.3 is 25.4 Å². The molecule has 11 nitrogen and oxygen atoms in total. The molecule has 1 aromatic carbocycles. The summed E-state index contributed by atoms with van der Waals surface area (Å²) in [6.45, 7) is 6.68. The highest BCUT2D eigenvalue weighted by Crippen LogP contribution is 2.33. The van der Waals surface area contributed by atoms with Crippen molar-refractivity contribution in [1.82, 2.24) is 19.9 Å². The Morgan fingerprint density at radius 3 is 2.65 bits per heavy atom. The van der Waals surface area contributed by atoms with Crippen molar-refractivity contribution in [2.75, 3.05) is 48.3 Å². The molecule has 3 N–H and O–H groups in total. The molecule has 1 amide bonds. The van der Waals surface area contributed by atoms with Gasteiger partial charge in [-0.15, -0.1) is 0 Å². The second-order valence-corrected chi connectivity index (χ2v) is 11.0. The van der Waals surface area contributed by atoms with Crippen LogP contribution in [0.2, 0.25) is 0 Å². The lowest BCUT2D eigenvalue weighted by Crippen LogP contribution is -2.49. The third-order valence-electron chi connectivity index (χ3n) is 8.31. The van der Waals surface area contributed by atoms with E-state index >= 15 is 0 Å². The molecule has 1 atom stereocenters. The third kappa shape index (κ3) is 7.15. The number of fused-ring (bicyclic) bond motifs is 1. The lowest BCUT2D eigenvalue weighted by Gasteiger charge is -2.34. The predicted molar refractivity (Wildman–Crippen MR) is 166 cm³/mol. The number of likely N-dealkylation sites (N-methyl/N-ethyl adjacent to an activating group) is 1. The fourth-order valence-electron chi connectivity index (χ4n) is 5.91. The van der Waals surface area contributed by atoms with E-state index in [4.69, 9.17) is 9.72 Å². The van der Waals surface area contributed by atoms with E-state index in [0.29, 0.717) is 18.2 Å². The highest BCUT2D eigenvalue weighted by Gasteiger charge is 2.31. The van der Waals surface area contributed by atoms with Gasteiger partial charge in [-0.2, -0.15) is 0 Å². The van der Waals surface area contributed by atoms with Crippen molar-refractivity contribution in [3.05, 3.63) is 71.2 Å². The topological polar surface area (TPSA) is 133 Å². The SMILES string of the molecule is CCc1c(NC[C@@H](C(=O)O)N(CC)C(=O)OCc2ccccc2)ncnc1N1CCC(c2ccc3c(n2)NCCC3)CC1. The molecule has 0 unspecified atom stereocenters. The predicted octanol–water partition coefficient (Wildman–Crippen LogP) is 4.70. The Bertz CT molecular complexity index is 1400. The minimum atomic E-state index is -1.13. The van der Waals surface area contributed by atoms with Crippen LogP contribution in [0.3, 0.4) is 0 Å². The summed E-state index contributed by atoms with van der Waals surface area (Å²) in [5.74, 6) is 1.76. The summed E-state index contributed by atoms with van der Waals surface area (Å²) in [6.07, 6.45) is 5.69. The standard InChI is InChI=1S/C32H41N7O4/c1-3-25-29(34-19-27(31(40)41)39(4-2)32(42)43-20-22-9-6-5-7-10-22)35-21-36-30(25)38-17-14-23(15-18-38)26-13-12-24-11-8-16-33-28(24)37-26/h5-7,9-10,12-13,21,23,27H,3-4,8,11,14-20H2,1-2H3,(H,33,37)(H,40,41)(H,34,35,36)/t27-/m0/s1. The first kappa shape index (κ1) is 30.1. The van der Waals surface area contributed by atoms with Gasteiger partial charge in [0.05, 0.1) is 0 Å². The molecular formula is C32H41N7O4. The maximum atomic E-state index is 12.9. The average Bonchev–Trinajstić information content (AvgIpc) is 3.05.